The Labute approximate surface area is 264 Å². The van der Waals surface area contributed by atoms with Crippen LogP contribution in [0, 0.1) is 11.7 Å². The van der Waals surface area contributed by atoms with Crippen LogP contribution in [0.5, 0.6) is 11.5 Å². The highest BCUT2D eigenvalue weighted by Gasteiger charge is 2.43. The first-order valence-electron chi connectivity index (χ1n) is 16.1. The van der Waals surface area contributed by atoms with Crippen LogP contribution in [0.15, 0.2) is 60.7 Å². The summed E-state index contributed by atoms with van der Waals surface area (Å²) in [4.78, 5) is 37.5. The number of hydrogen-bond donors (Lipinski definition) is 3. The molecule has 0 aromatic heterocycles. The summed E-state index contributed by atoms with van der Waals surface area (Å²) in [7, 11) is 0. The molecule has 0 saturated heterocycles. The van der Waals surface area contributed by atoms with E-state index in [1.807, 2.05) is 38.1 Å². The Hall–Kier alpha value is -4.20. The summed E-state index contributed by atoms with van der Waals surface area (Å²) in [5, 5.41) is 15.8. The number of benzene rings is 3. The highest BCUT2D eigenvalue weighted by atomic mass is 19.1. The van der Waals surface area contributed by atoms with Crippen molar-refractivity contribution in [3.8, 4) is 11.5 Å². The predicted octanol–water partition coefficient (Wildman–Crippen LogP) is 7.78. The summed E-state index contributed by atoms with van der Waals surface area (Å²) in [6, 6.07) is 17.0. The van der Waals surface area contributed by atoms with Crippen molar-refractivity contribution in [1.82, 2.24) is 5.32 Å². The zero-order valence-electron chi connectivity index (χ0n) is 26.3. The van der Waals surface area contributed by atoms with Gasteiger partial charge in [-0.2, -0.15) is 0 Å². The molecule has 0 heterocycles. The van der Waals surface area contributed by atoms with E-state index in [-0.39, 0.29) is 40.9 Å². The Morgan fingerprint density at radius 3 is 2.49 bits per heavy atom. The van der Waals surface area contributed by atoms with Gasteiger partial charge in [-0.1, -0.05) is 37.5 Å². The van der Waals surface area contributed by atoms with Crippen LogP contribution in [-0.4, -0.2) is 35.4 Å². The molecule has 4 atom stereocenters. The Bertz CT molecular complexity index is 1550. The number of fused-ring (bicyclic) bond motifs is 1. The fourth-order valence-corrected chi connectivity index (χ4v) is 7.50. The number of nitrogens with one attached hydrogen (secondary N) is 2. The predicted molar refractivity (Wildman–Crippen MR) is 173 cm³/mol. The lowest BCUT2D eigenvalue weighted by atomic mass is 9.64. The van der Waals surface area contributed by atoms with Gasteiger partial charge in [-0.3, -0.25) is 9.59 Å². The molecular formula is C37H43FN2O5. The van der Waals surface area contributed by atoms with Gasteiger partial charge in [0.25, 0.3) is 0 Å². The number of Topliss-reactive ketones (excluding diaryl/α,β-unsaturated/α-hetero) is 1. The van der Waals surface area contributed by atoms with Gasteiger partial charge in [-0.05, 0) is 105 Å². The molecule has 8 heteroatoms. The topological polar surface area (TPSA) is 105 Å². The van der Waals surface area contributed by atoms with Gasteiger partial charge < -0.3 is 20.5 Å². The van der Waals surface area contributed by atoms with Crippen LogP contribution in [0.2, 0.25) is 0 Å². The van der Waals surface area contributed by atoms with Crippen molar-refractivity contribution in [1.29, 1.82) is 0 Å². The first-order chi connectivity index (χ1) is 21.6. The second-order valence-electron chi connectivity index (χ2n) is 12.7. The van der Waals surface area contributed by atoms with Crippen molar-refractivity contribution in [3.05, 3.63) is 88.7 Å². The zero-order chi connectivity index (χ0) is 32.1. The average Bonchev–Trinajstić information content (AvgIpc) is 2.99. The minimum atomic E-state index is -1.00. The molecule has 2 aliphatic rings. The monoisotopic (exact) mass is 614 g/mol. The summed E-state index contributed by atoms with van der Waals surface area (Å²) in [6.07, 6.45) is 6.00. The number of hydrogen-bond acceptors (Lipinski definition) is 5. The maximum Gasteiger partial charge on any atom is 0.335 e. The molecular weight excluding hydrogens is 571 g/mol. The van der Waals surface area contributed by atoms with Crippen molar-refractivity contribution in [2.24, 2.45) is 5.92 Å². The Morgan fingerprint density at radius 1 is 1.04 bits per heavy atom. The molecule has 45 heavy (non-hydrogen) atoms. The van der Waals surface area contributed by atoms with Gasteiger partial charge in [0.1, 0.15) is 23.1 Å². The number of ether oxygens (including phenoxy) is 1. The summed E-state index contributed by atoms with van der Waals surface area (Å²) < 4.78 is 21.2. The van der Waals surface area contributed by atoms with Crippen LogP contribution < -0.4 is 15.4 Å². The second-order valence-corrected chi connectivity index (χ2v) is 12.7. The van der Waals surface area contributed by atoms with Crippen LogP contribution in [0.25, 0.3) is 0 Å². The number of ketones is 1. The Balaban J connectivity index is 1.45. The molecule has 0 bridgehead atoms. The van der Waals surface area contributed by atoms with Gasteiger partial charge in [0, 0.05) is 37.5 Å². The van der Waals surface area contributed by atoms with E-state index in [1.165, 1.54) is 25.1 Å². The van der Waals surface area contributed by atoms with Gasteiger partial charge in [-0.15, -0.1) is 0 Å². The van der Waals surface area contributed by atoms with E-state index in [4.69, 9.17) is 4.74 Å². The Kier molecular flexibility index (Phi) is 9.90. The lowest BCUT2D eigenvalue weighted by Crippen LogP contribution is -2.43. The maximum atomic E-state index is 14.9. The number of anilines is 1. The Morgan fingerprint density at radius 2 is 1.78 bits per heavy atom. The van der Waals surface area contributed by atoms with Crippen LogP contribution in [-0.2, 0) is 21.4 Å². The standard InChI is InChI=1S/C37H43FN2O5/c1-4-39-32-21-26(38)20-31-30(32)17-18-35(42)37(31,3)22-24-9-5-6-10-28(33(19-24)40-23(2)41)29-11-7-8-12-34(29)45-27-15-13-25(14-16-27)36(43)44/h7-8,11-16,20-21,24,28,33,39H,4-6,9-10,17-19,22H2,1-3H3,(H,40,41)(H,43,44)/t24?,28-,33?,37?/m1/s1. The van der Waals surface area contributed by atoms with Gasteiger partial charge in [0.2, 0.25) is 5.91 Å². The van der Waals surface area contributed by atoms with E-state index in [0.29, 0.717) is 43.7 Å². The van der Waals surface area contributed by atoms with Gasteiger partial charge in [-0.25, -0.2) is 9.18 Å². The molecule has 3 N–H and O–H groups in total. The highest BCUT2D eigenvalue weighted by Crippen LogP contribution is 2.46. The van der Waals surface area contributed by atoms with Crippen molar-refractivity contribution >= 4 is 23.3 Å². The summed E-state index contributed by atoms with van der Waals surface area (Å²) >= 11 is 0. The van der Waals surface area contributed by atoms with Gasteiger partial charge in [0.05, 0.1) is 11.0 Å². The van der Waals surface area contributed by atoms with E-state index in [0.717, 1.165) is 48.1 Å². The molecule has 1 amide bonds. The fourth-order valence-electron chi connectivity index (χ4n) is 7.50. The number of aromatic carboxylic acids is 1. The maximum absolute atomic E-state index is 14.9. The minimum absolute atomic E-state index is 0.0360. The SMILES string of the molecule is CCNc1cc(F)cc2c1CCC(=O)C2(C)CC1CCCC[C@H](c2ccccc2Oc2ccc(C(=O)O)cc2)C(NC(C)=O)C1. The first kappa shape index (κ1) is 32.2. The van der Waals surface area contributed by atoms with E-state index in [9.17, 15) is 23.9 Å². The molecule has 1 saturated carbocycles. The number of carbonyl (C=O) groups excluding carboxylic acids is 2. The van der Waals surface area contributed by atoms with E-state index in [2.05, 4.69) is 10.6 Å². The molecule has 7 nitrogen and oxygen atoms in total. The quantitative estimate of drug-likeness (QED) is 0.227. The van der Waals surface area contributed by atoms with E-state index < -0.39 is 11.4 Å². The molecule has 3 aromatic rings. The smallest absolute Gasteiger partial charge is 0.335 e. The van der Waals surface area contributed by atoms with E-state index in [1.54, 1.807) is 18.2 Å². The third-order valence-corrected chi connectivity index (χ3v) is 9.58. The van der Waals surface area contributed by atoms with Gasteiger partial charge in [0.15, 0.2) is 0 Å². The van der Waals surface area contributed by atoms with Crippen LogP contribution in [0.3, 0.4) is 0 Å². The number of carboxylic acids is 1. The number of halogens is 1. The first-order valence-corrected chi connectivity index (χ1v) is 16.1. The van der Waals surface area contributed by atoms with Crippen molar-refractivity contribution in [2.75, 3.05) is 11.9 Å². The molecule has 2 aliphatic carbocycles. The van der Waals surface area contributed by atoms with Crippen LogP contribution >= 0.6 is 0 Å². The molecule has 0 aliphatic heterocycles. The number of para-hydroxylation sites is 1. The molecule has 3 aromatic carbocycles. The van der Waals surface area contributed by atoms with Gasteiger partial charge >= 0.3 is 5.97 Å². The summed E-state index contributed by atoms with van der Waals surface area (Å²) in [6.45, 7) is 6.16. The highest BCUT2D eigenvalue weighted by molar-refractivity contribution is 5.93. The summed E-state index contributed by atoms with van der Waals surface area (Å²) in [5.41, 5.74) is 2.93. The molecule has 238 valence electrons. The normalized spacial score (nSPS) is 23.3. The third-order valence-electron chi connectivity index (χ3n) is 9.58. The third kappa shape index (κ3) is 7.21. The lowest BCUT2D eigenvalue weighted by Gasteiger charge is -2.41. The number of rotatable bonds is 9. The van der Waals surface area contributed by atoms with Crippen molar-refractivity contribution in [3.63, 3.8) is 0 Å². The molecule has 0 radical (unpaired) electrons. The zero-order valence-corrected chi connectivity index (χ0v) is 26.3. The number of carbonyl (C=O) groups is 3. The van der Waals surface area contributed by atoms with Crippen LogP contribution in [0.1, 0.15) is 98.7 Å². The molecule has 5 rings (SSSR count). The number of carboxylic acid groups (broad SMARTS) is 1. The lowest BCUT2D eigenvalue weighted by molar-refractivity contribution is -0.125. The van der Waals surface area contributed by atoms with Crippen molar-refractivity contribution in [2.45, 2.75) is 89.5 Å². The fraction of sp³-hybridized carbons (Fsp3) is 0.432. The minimum Gasteiger partial charge on any atom is -0.478 e. The molecule has 1 fully saturated rings. The molecule has 3 unspecified atom stereocenters. The van der Waals surface area contributed by atoms with E-state index >= 15 is 0 Å². The summed E-state index contributed by atoms with van der Waals surface area (Å²) in [5.74, 6) is -0.0294. The van der Waals surface area contributed by atoms with Crippen LogP contribution in [0.4, 0.5) is 10.1 Å². The second kappa shape index (κ2) is 13.8. The average molecular weight is 615 g/mol. The van der Waals surface area contributed by atoms with Crippen molar-refractivity contribution < 1.29 is 28.6 Å². The number of amides is 1. The molecule has 0 spiro atoms. The largest absolute Gasteiger partial charge is 0.478 e.